The summed E-state index contributed by atoms with van der Waals surface area (Å²) in [5.41, 5.74) is 8.59. The molecule has 2 aromatic carbocycles. The van der Waals surface area contributed by atoms with Crippen LogP contribution in [0.15, 0.2) is 36.4 Å². The second-order valence-corrected chi connectivity index (χ2v) is 8.58. The monoisotopic (exact) mass is 320 g/mol. The van der Waals surface area contributed by atoms with E-state index in [0.717, 1.165) is 6.54 Å². The van der Waals surface area contributed by atoms with Crippen molar-refractivity contribution in [2.45, 2.75) is 57.9 Å². The Hall–Kier alpha value is -1.96. The number of nitrogens with one attached hydrogen (secondary N) is 2. The smallest absolute Gasteiger partial charge is 0.0581 e. The lowest BCUT2D eigenvalue weighted by atomic mass is 9.74. The Morgan fingerprint density at radius 1 is 0.917 bits per heavy atom. The van der Waals surface area contributed by atoms with E-state index >= 15 is 0 Å². The Labute approximate surface area is 145 Å². The molecule has 0 radical (unpaired) electrons. The fraction of sp³-hybridized carbons (Fsp3) is 0.455. The first-order chi connectivity index (χ1) is 11.3. The summed E-state index contributed by atoms with van der Waals surface area (Å²) in [5, 5.41) is 7.54. The Kier molecular flexibility index (Phi) is 3.25. The van der Waals surface area contributed by atoms with Gasteiger partial charge in [-0.2, -0.15) is 0 Å². The van der Waals surface area contributed by atoms with Crippen molar-refractivity contribution in [1.82, 2.24) is 0 Å². The zero-order valence-electron chi connectivity index (χ0n) is 15.5. The van der Waals surface area contributed by atoms with Gasteiger partial charge in [-0.25, -0.2) is 0 Å². The van der Waals surface area contributed by atoms with E-state index in [1.165, 1.54) is 40.0 Å². The first-order valence-electron chi connectivity index (χ1n) is 9.03. The van der Waals surface area contributed by atoms with Gasteiger partial charge < -0.3 is 10.6 Å². The van der Waals surface area contributed by atoms with Crippen molar-refractivity contribution in [1.29, 1.82) is 0 Å². The molecule has 1 aliphatic carbocycles. The van der Waals surface area contributed by atoms with Gasteiger partial charge in [-0.3, -0.25) is 0 Å². The third-order valence-corrected chi connectivity index (χ3v) is 6.31. The highest BCUT2D eigenvalue weighted by atomic mass is 15.1. The molecule has 2 heteroatoms. The van der Waals surface area contributed by atoms with Crippen LogP contribution in [-0.2, 0) is 10.8 Å². The minimum absolute atomic E-state index is 0.142. The van der Waals surface area contributed by atoms with Crippen LogP contribution in [-0.4, -0.2) is 12.6 Å². The molecule has 0 bridgehead atoms. The molecule has 1 aliphatic heterocycles. The predicted octanol–water partition coefficient (Wildman–Crippen LogP) is 5.15. The molecular weight excluding hydrogens is 292 g/mol. The minimum Gasteiger partial charge on any atom is -0.381 e. The lowest BCUT2D eigenvalue weighted by molar-refractivity contribution is 0.337. The van der Waals surface area contributed by atoms with Crippen molar-refractivity contribution in [3.63, 3.8) is 0 Å². The molecule has 2 aromatic rings. The maximum absolute atomic E-state index is 3.86. The van der Waals surface area contributed by atoms with Crippen LogP contribution in [0.2, 0.25) is 0 Å². The van der Waals surface area contributed by atoms with E-state index in [4.69, 9.17) is 0 Å². The highest BCUT2D eigenvalue weighted by Gasteiger charge is 2.49. The molecule has 0 aromatic heterocycles. The zero-order valence-corrected chi connectivity index (χ0v) is 15.5. The van der Waals surface area contributed by atoms with E-state index in [2.05, 4.69) is 81.7 Å². The normalized spacial score (nSPS) is 27.0. The standard InChI is InChI=1S/C22H28N2/c1-14-10-18-19(11-15(14)2)24-20(12-23-18)22(5)13-21(3,4)16-8-6-7-9-17(16)22/h6-11,20,23-24H,12-13H2,1-5H3. The number of hydrogen-bond acceptors (Lipinski definition) is 2. The third-order valence-electron chi connectivity index (χ3n) is 6.31. The summed E-state index contributed by atoms with van der Waals surface area (Å²) in [5.74, 6) is 0. The summed E-state index contributed by atoms with van der Waals surface area (Å²) in [6, 6.07) is 14.0. The topological polar surface area (TPSA) is 24.1 Å². The molecule has 2 unspecified atom stereocenters. The number of anilines is 2. The molecule has 24 heavy (non-hydrogen) atoms. The minimum atomic E-state index is 0.142. The van der Waals surface area contributed by atoms with Crippen LogP contribution >= 0.6 is 0 Å². The lowest BCUT2D eigenvalue weighted by Crippen LogP contribution is -2.48. The van der Waals surface area contributed by atoms with E-state index in [0.29, 0.717) is 6.04 Å². The van der Waals surface area contributed by atoms with Crippen LogP contribution < -0.4 is 10.6 Å². The van der Waals surface area contributed by atoms with Gasteiger partial charge in [0.05, 0.1) is 17.4 Å². The van der Waals surface area contributed by atoms with Gasteiger partial charge in [0.25, 0.3) is 0 Å². The number of aryl methyl sites for hydroxylation is 2. The number of benzene rings is 2. The molecule has 2 N–H and O–H groups in total. The van der Waals surface area contributed by atoms with Gasteiger partial charge in [-0.15, -0.1) is 0 Å². The van der Waals surface area contributed by atoms with E-state index < -0.39 is 0 Å². The maximum atomic E-state index is 3.86. The summed E-state index contributed by atoms with van der Waals surface area (Å²) in [6.07, 6.45) is 1.18. The molecule has 2 nitrogen and oxygen atoms in total. The van der Waals surface area contributed by atoms with Crippen molar-refractivity contribution in [3.05, 3.63) is 58.7 Å². The molecule has 0 fully saturated rings. The zero-order chi connectivity index (χ0) is 17.1. The highest BCUT2D eigenvalue weighted by Crippen LogP contribution is 2.52. The number of fused-ring (bicyclic) bond motifs is 2. The highest BCUT2D eigenvalue weighted by molar-refractivity contribution is 5.74. The van der Waals surface area contributed by atoms with Crippen LogP contribution in [0.4, 0.5) is 11.4 Å². The molecule has 2 atom stereocenters. The molecule has 0 amide bonds. The van der Waals surface area contributed by atoms with Crippen molar-refractivity contribution in [2.24, 2.45) is 0 Å². The summed E-state index contributed by atoms with van der Waals surface area (Å²) in [4.78, 5) is 0. The number of hydrogen-bond donors (Lipinski definition) is 2. The van der Waals surface area contributed by atoms with Crippen molar-refractivity contribution >= 4 is 11.4 Å². The Morgan fingerprint density at radius 2 is 1.54 bits per heavy atom. The second kappa shape index (κ2) is 5.02. The Morgan fingerprint density at radius 3 is 2.25 bits per heavy atom. The molecule has 0 saturated carbocycles. The van der Waals surface area contributed by atoms with Gasteiger partial charge in [-0.05, 0) is 60.1 Å². The molecule has 1 heterocycles. The first kappa shape index (κ1) is 15.6. The maximum Gasteiger partial charge on any atom is 0.0581 e. The van der Waals surface area contributed by atoms with Crippen molar-refractivity contribution in [3.8, 4) is 0 Å². The van der Waals surface area contributed by atoms with Gasteiger partial charge in [0.1, 0.15) is 0 Å². The fourth-order valence-electron chi connectivity index (χ4n) is 4.91. The van der Waals surface area contributed by atoms with Gasteiger partial charge in [0.2, 0.25) is 0 Å². The Balaban J connectivity index is 1.74. The molecule has 4 rings (SSSR count). The van der Waals surface area contributed by atoms with Crippen molar-refractivity contribution in [2.75, 3.05) is 17.2 Å². The van der Waals surface area contributed by atoms with Crippen LogP contribution in [0.25, 0.3) is 0 Å². The van der Waals surface area contributed by atoms with Crippen LogP contribution in [0, 0.1) is 13.8 Å². The van der Waals surface area contributed by atoms with Gasteiger partial charge in [-0.1, -0.05) is 45.0 Å². The van der Waals surface area contributed by atoms with Gasteiger partial charge in [0.15, 0.2) is 0 Å². The molecule has 0 saturated heterocycles. The summed E-state index contributed by atoms with van der Waals surface area (Å²) in [7, 11) is 0. The quantitative estimate of drug-likeness (QED) is 0.759. The third kappa shape index (κ3) is 2.16. The SMILES string of the molecule is Cc1cc2c(cc1C)NC(C1(C)CC(C)(C)c3ccccc31)CN2. The fourth-order valence-corrected chi connectivity index (χ4v) is 4.91. The van der Waals surface area contributed by atoms with E-state index in [-0.39, 0.29) is 10.8 Å². The lowest BCUT2D eigenvalue weighted by Gasteiger charge is -2.41. The van der Waals surface area contributed by atoms with Gasteiger partial charge >= 0.3 is 0 Å². The summed E-state index contributed by atoms with van der Waals surface area (Å²) < 4.78 is 0. The second-order valence-electron chi connectivity index (χ2n) is 8.58. The summed E-state index contributed by atoms with van der Waals surface area (Å²) in [6.45, 7) is 12.5. The first-order valence-corrected chi connectivity index (χ1v) is 9.03. The van der Waals surface area contributed by atoms with Crippen LogP contribution in [0.5, 0.6) is 0 Å². The molecule has 126 valence electrons. The number of rotatable bonds is 1. The average Bonchev–Trinajstić information content (AvgIpc) is 2.76. The predicted molar refractivity (Wildman–Crippen MR) is 103 cm³/mol. The van der Waals surface area contributed by atoms with E-state index in [9.17, 15) is 0 Å². The molecule has 2 aliphatic rings. The van der Waals surface area contributed by atoms with Crippen molar-refractivity contribution < 1.29 is 0 Å². The average molecular weight is 320 g/mol. The molecule has 0 spiro atoms. The van der Waals surface area contributed by atoms with E-state index in [1.807, 2.05) is 0 Å². The largest absolute Gasteiger partial charge is 0.381 e. The molecular formula is C22H28N2. The van der Waals surface area contributed by atoms with E-state index in [1.54, 1.807) is 0 Å². The van der Waals surface area contributed by atoms with Gasteiger partial charge in [0, 0.05) is 12.0 Å². The van der Waals surface area contributed by atoms with Crippen LogP contribution in [0.3, 0.4) is 0 Å². The summed E-state index contributed by atoms with van der Waals surface area (Å²) >= 11 is 0. The Bertz CT molecular complexity index is 806. The van der Waals surface area contributed by atoms with Crippen LogP contribution in [0.1, 0.15) is 49.4 Å².